The molecule has 0 spiro atoms. The van der Waals surface area contributed by atoms with Crippen molar-refractivity contribution < 1.29 is 0 Å². The molecule has 0 aromatic rings. The quantitative estimate of drug-likeness (QED) is 0.561. The van der Waals surface area contributed by atoms with E-state index in [-0.39, 0.29) is 0 Å². The van der Waals surface area contributed by atoms with Gasteiger partial charge < -0.3 is 0 Å². The van der Waals surface area contributed by atoms with Gasteiger partial charge in [0.2, 0.25) is 0 Å². The molecule has 0 aliphatic heterocycles. The van der Waals surface area contributed by atoms with Crippen molar-refractivity contribution in [1.82, 2.24) is 0 Å². The van der Waals surface area contributed by atoms with E-state index in [4.69, 9.17) is 0 Å². The van der Waals surface area contributed by atoms with Crippen molar-refractivity contribution in [2.24, 2.45) is 0 Å². The van der Waals surface area contributed by atoms with Crippen LogP contribution >= 0.6 is 11.8 Å². The molecule has 0 heterocycles. The van der Waals surface area contributed by atoms with Crippen LogP contribution in [-0.2, 0) is 0 Å². The third kappa shape index (κ3) is 9.83. The van der Waals surface area contributed by atoms with E-state index in [1.165, 1.54) is 0 Å². The molecular weight excluding hydrogens is 164 g/mol. The van der Waals surface area contributed by atoms with E-state index in [2.05, 4.69) is 45.1 Å². The van der Waals surface area contributed by atoms with Gasteiger partial charge in [-0.15, -0.1) is 0 Å². The smallest absolute Gasteiger partial charge is 0.0116 e. The van der Waals surface area contributed by atoms with Crippen molar-refractivity contribution in [2.45, 2.75) is 38.9 Å². The molecule has 0 fully saturated rings. The average Bonchev–Trinajstić information content (AvgIpc) is 2.02. The lowest BCUT2D eigenvalue weighted by Gasteiger charge is -1.98. The molecule has 70 valence electrons. The van der Waals surface area contributed by atoms with Crippen molar-refractivity contribution in [3.05, 3.63) is 24.3 Å². The zero-order valence-corrected chi connectivity index (χ0v) is 9.23. The van der Waals surface area contributed by atoms with E-state index in [1.807, 2.05) is 11.8 Å². The van der Waals surface area contributed by atoms with Crippen LogP contribution in [0.2, 0.25) is 0 Å². The summed E-state index contributed by atoms with van der Waals surface area (Å²) in [5, 5.41) is 0.751. The highest BCUT2D eigenvalue weighted by Gasteiger charge is 1.88. The van der Waals surface area contributed by atoms with Crippen molar-refractivity contribution in [3.8, 4) is 0 Å². The first-order chi connectivity index (χ1) is 5.77. The van der Waals surface area contributed by atoms with Gasteiger partial charge in [0.05, 0.1) is 0 Å². The predicted octanol–water partition coefficient (Wildman–Crippen LogP) is 4.04. The van der Waals surface area contributed by atoms with Crippen molar-refractivity contribution in [3.63, 3.8) is 0 Å². The van der Waals surface area contributed by atoms with Gasteiger partial charge in [-0.1, -0.05) is 45.1 Å². The number of rotatable bonds is 6. The van der Waals surface area contributed by atoms with E-state index >= 15 is 0 Å². The van der Waals surface area contributed by atoms with Gasteiger partial charge in [0.25, 0.3) is 0 Å². The van der Waals surface area contributed by atoms with E-state index in [9.17, 15) is 0 Å². The summed E-state index contributed by atoms with van der Waals surface area (Å²) < 4.78 is 0. The Morgan fingerprint density at radius 2 is 1.75 bits per heavy atom. The molecule has 0 rings (SSSR count). The third-order valence-corrected chi connectivity index (χ3v) is 2.42. The third-order valence-electron chi connectivity index (χ3n) is 1.37. The highest BCUT2D eigenvalue weighted by molar-refractivity contribution is 7.99. The summed E-state index contributed by atoms with van der Waals surface area (Å²) in [7, 11) is 0. The van der Waals surface area contributed by atoms with Gasteiger partial charge in [-0.05, 0) is 18.1 Å². The first-order valence-corrected chi connectivity index (χ1v) is 5.73. The summed E-state index contributed by atoms with van der Waals surface area (Å²) in [6.45, 7) is 6.62. The Morgan fingerprint density at radius 3 is 2.33 bits per heavy atom. The summed E-state index contributed by atoms with van der Waals surface area (Å²) in [6, 6.07) is 0. The minimum Gasteiger partial charge on any atom is -0.155 e. The number of hydrogen-bond acceptors (Lipinski definition) is 1. The molecule has 0 N–H and O–H groups in total. The van der Waals surface area contributed by atoms with Crippen molar-refractivity contribution in [1.29, 1.82) is 0 Å². The van der Waals surface area contributed by atoms with Crippen molar-refractivity contribution >= 4 is 11.8 Å². The van der Waals surface area contributed by atoms with Gasteiger partial charge >= 0.3 is 0 Å². The predicted molar refractivity (Wildman–Crippen MR) is 60.8 cm³/mol. The Bertz CT molecular complexity index is 134. The van der Waals surface area contributed by atoms with E-state index < -0.39 is 0 Å². The fourth-order valence-electron chi connectivity index (χ4n) is 0.754. The molecule has 0 aliphatic carbocycles. The fourth-order valence-corrected chi connectivity index (χ4v) is 1.39. The Kier molecular flexibility index (Phi) is 8.80. The van der Waals surface area contributed by atoms with Crippen LogP contribution in [0, 0.1) is 0 Å². The number of thioether (sulfide) groups is 1. The summed E-state index contributed by atoms with van der Waals surface area (Å²) in [5.41, 5.74) is 0. The minimum atomic E-state index is 0.751. The van der Waals surface area contributed by atoms with Crippen LogP contribution in [0.3, 0.4) is 0 Å². The highest BCUT2D eigenvalue weighted by atomic mass is 32.2. The molecule has 0 aromatic heterocycles. The highest BCUT2D eigenvalue weighted by Crippen LogP contribution is 2.08. The zero-order valence-electron chi connectivity index (χ0n) is 8.42. The van der Waals surface area contributed by atoms with Gasteiger partial charge in [-0.2, -0.15) is 11.8 Å². The molecule has 0 atom stereocenters. The molecule has 0 unspecified atom stereocenters. The Balaban J connectivity index is 3.20. The second kappa shape index (κ2) is 8.92. The van der Waals surface area contributed by atoms with Gasteiger partial charge in [0.15, 0.2) is 0 Å². The standard InChI is InChI=1S/C11H20S/c1-4-5-6-7-8-9-10-12-11(2)3/h5-6,8-9,11H,4,7,10H2,1-3H3/b6-5-,9-8-. The van der Waals surface area contributed by atoms with Crippen LogP contribution in [0.5, 0.6) is 0 Å². The Morgan fingerprint density at radius 1 is 1.08 bits per heavy atom. The van der Waals surface area contributed by atoms with Crippen LogP contribution in [-0.4, -0.2) is 11.0 Å². The molecule has 0 amide bonds. The maximum atomic E-state index is 2.25. The van der Waals surface area contributed by atoms with Crippen LogP contribution in [0.25, 0.3) is 0 Å². The molecule has 0 nitrogen and oxygen atoms in total. The Labute approximate surface area is 81.1 Å². The number of allylic oxidation sites excluding steroid dienone is 3. The molecule has 0 aliphatic rings. The maximum Gasteiger partial charge on any atom is 0.0116 e. The normalized spacial score (nSPS) is 12.3. The molecule has 0 bridgehead atoms. The fraction of sp³-hybridized carbons (Fsp3) is 0.636. The number of hydrogen-bond donors (Lipinski definition) is 0. The van der Waals surface area contributed by atoms with E-state index in [0.717, 1.165) is 23.8 Å². The van der Waals surface area contributed by atoms with Crippen LogP contribution in [0.1, 0.15) is 33.6 Å². The summed E-state index contributed by atoms with van der Waals surface area (Å²) in [5.74, 6) is 1.15. The molecular formula is C11H20S. The largest absolute Gasteiger partial charge is 0.155 e. The summed E-state index contributed by atoms with van der Waals surface area (Å²) in [4.78, 5) is 0. The monoisotopic (exact) mass is 184 g/mol. The molecule has 0 saturated carbocycles. The van der Waals surface area contributed by atoms with Gasteiger partial charge in [-0.25, -0.2) is 0 Å². The first kappa shape index (κ1) is 11.8. The summed E-state index contributed by atoms with van der Waals surface area (Å²) in [6.07, 6.45) is 11.2. The van der Waals surface area contributed by atoms with Gasteiger partial charge in [-0.3, -0.25) is 0 Å². The lowest BCUT2D eigenvalue weighted by molar-refractivity contribution is 1.11. The summed E-state index contributed by atoms with van der Waals surface area (Å²) >= 11 is 1.98. The van der Waals surface area contributed by atoms with Crippen LogP contribution < -0.4 is 0 Å². The van der Waals surface area contributed by atoms with Crippen LogP contribution in [0.15, 0.2) is 24.3 Å². The zero-order chi connectivity index (χ0) is 9.23. The van der Waals surface area contributed by atoms with E-state index in [0.29, 0.717) is 0 Å². The molecule has 0 saturated heterocycles. The maximum absolute atomic E-state index is 2.25. The van der Waals surface area contributed by atoms with E-state index in [1.54, 1.807) is 0 Å². The molecule has 0 radical (unpaired) electrons. The molecule has 0 aromatic carbocycles. The molecule has 12 heavy (non-hydrogen) atoms. The second-order valence-electron chi connectivity index (χ2n) is 2.97. The lowest BCUT2D eigenvalue weighted by Crippen LogP contribution is -1.85. The lowest BCUT2D eigenvalue weighted by atomic mass is 10.3. The second-order valence-corrected chi connectivity index (χ2v) is 4.58. The average molecular weight is 184 g/mol. The minimum absolute atomic E-state index is 0.751. The van der Waals surface area contributed by atoms with Gasteiger partial charge in [0, 0.05) is 5.75 Å². The van der Waals surface area contributed by atoms with Crippen LogP contribution in [0.4, 0.5) is 0 Å². The topological polar surface area (TPSA) is 0 Å². The SMILES string of the molecule is CC/C=C\C/C=C\CSC(C)C. The Hall–Kier alpha value is -0.170. The van der Waals surface area contributed by atoms with Crippen molar-refractivity contribution in [2.75, 3.05) is 5.75 Å². The first-order valence-electron chi connectivity index (χ1n) is 4.69. The molecule has 1 heteroatoms. The van der Waals surface area contributed by atoms with Gasteiger partial charge in [0.1, 0.15) is 0 Å².